The summed E-state index contributed by atoms with van der Waals surface area (Å²) in [7, 11) is 0. The first-order valence-corrected chi connectivity index (χ1v) is 13.8. The molecule has 0 atom stereocenters. The zero-order valence-corrected chi connectivity index (χ0v) is 22.5. The van der Waals surface area contributed by atoms with Crippen LogP contribution in [0, 0.1) is 11.3 Å². The first-order chi connectivity index (χ1) is 20.7. The molecule has 0 radical (unpaired) electrons. The van der Waals surface area contributed by atoms with E-state index >= 15 is 0 Å². The van der Waals surface area contributed by atoms with Gasteiger partial charge in [0.1, 0.15) is 0 Å². The molecule has 0 saturated carbocycles. The third-order valence-corrected chi connectivity index (χ3v) is 7.98. The monoisotopic (exact) mass is 534 g/mol. The number of hydrogen-bond donors (Lipinski definition) is 0. The summed E-state index contributed by atoms with van der Waals surface area (Å²) in [5.74, 6) is 0.668. The Bertz CT molecular complexity index is 2270. The summed E-state index contributed by atoms with van der Waals surface area (Å²) in [5.41, 5.74) is 7.35. The Morgan fingerprint density at radius 3 is 1.81 bits per heavy atom. The SMILES string of the molecule is N#Cc1ccc(-c2cc(-c3ccc(-c4cccnc4)cc3)nc(-c3ccc4ccc5cccc6ccc3c4c56)n2)cc1. The Morgan fingerprint density at radius 1 is 0.524 bits per heavy atom. The van der Waals surface area contributed by atoms with Gasteiger partial charge in [-0.1, -0.05) is 91.0 Å². The van der Waals surface area contributed by atoms with E-state index in [0.717, 1.165) is 44.6 Å². The Hall–Kier alpha value is -5.92. The lowest BCUT2D eigenvalue weighted by atomic mass is 9.91. The minimum Gasteiger partial charge on any atom is -0.264 e. The van der Waals surface area contributed by atoms with E-state index < -0.39 is 0 Å². The molecule has 8 rings (SSSR count). The second-order valence-electron chi connectivity index (χ2n) is 10.4. The fraction of sp³-hybridized carbons (Fsp3) is 0. The van der Waals surface area contributed by atoms with Gasteiger partial charge < -0.3 is 0 Å². The quantitative estimate of drug-likeness (QED) is 0.211. The Morgan fingerprint density at radius 2 is 1.14 bits per heavy atom. The van der Waals surface area contributed by atoms with Gasteiger partial charge in [-0.3, -0.25) is 4.98 Å². The van der Waals surface area contributed by atoms with Gasteiger partial charge in [0, 0.05) is 29.1 Å². The van der Waals surface area contributed by atoms with Crippen LogP contribution in [0.3, 0.4) is 0 Å². The van der Waals surface area contributed by atoms with Crippen LogP contribution >= 0.6 is 0 Å². The van der Waals surface area contributed by atoms with Crippen LogP contribution in [-0.2, 0) is 0 Å². The minimum absolute atomic E-state index is 0.617. The molecule has 0 N–H and O–H groups in total. The number of benzene rings is 6. The van der Waals surface area contributed by atoms with Gasteiger partial charge in [0.25, 0.3) is 0 Å². The van der Waals surface area contributed by atoms with Crippen molar-refractivity contribution in [2.45, 2.75) is 0 Å². The Kier molecular flexibility index (Phi) is 5.48. The van der Waals surface area contributed by atoms with Crippen LogP contribution < -0.4 is 0 Å². The number of hydrogen-bond acceptors (Lipinski definition) is 4. The smallest absolute Gasteiger partial charge is 0.161 e. The maximum atomic E-state index is 9.33. The van der Waals surface area contributed by atoms with Crippen molar-refractivity contribution in [2.24, 2.45) is 0 Å². The number of pyridine rings is 1. The van der Waals surface area contributed by atoms with E-state index in [-0.39, 0.29) is 0 Å². The molecular weight excluding hydrogens is 512 g/mol. The van der Waals surface area contributed by atoms with Gasteiger partial charge in [0.15, 0.2) is 5.82 Å². The summed E-state index contributed by atoms with van der Waals surface area (Å²) in [6, 6.07) is 43.7. The maximum absolute atomic E-state index is 9.33. The van der Waals surface area contributed by atoms with Crippen molar-refractivity contribution in [1.29, 1.82) is 5.26 Å². The van der Waals surface area contributed by atoms with E-state index in [0.29, 0.717) is 11.4 Å². The number of nitriles is 1. The van der Waals surface area contributed by atoms with Gasteiger partial charge in [0.2, 0.25) is 0 Å². The third-order valence-electron chi connectivity index (χ3n) is 7.98. The summed E-state index contributed by atoms with van der Waals surface area (Å²) in [4.78, 5) is 14.5. The largest absolute Gasteiger partial charge is 0.264 e. The molecule has 0 saturated heterocycles. The number of nitrogens with zero attached hydrogens (tertiary/aromatic N) is 4. The molecule has 0 unspecified atom stereocenters. The molecule has 42 heavy (non-hydrogen) atoms. The summed E-state index contributed by atoms with van der Waals surface area (Å²) >= 11 is 0. The maximum Gasteiger partial charge on any atom is 0.161 e. The molecule has 4 heteroatoms. The molecule has 0 aliphatic carbocycles. The highest BCUT2D eigenvalue weighted by Crippen LogP contribution is 2.39. The average molecular weight is 535 g/mol. The van der Waals surface area contributed by atoms with Crippen LogP contribution in [0.1, 0.15) is 5.56 Å². The van der Waals surface area contributed by atoms with E-state index in [4.69, 9.17) is 9.97 Å². The van der Waals surface area contributed by atoms with Crippen molar-refractivity contribution in [3.8, 4) is 51.1 Å². The first-order valence-electron chi connectivity index (χ1n) is 13.8. The molecule has 0 fully saturated rings. The molecule has 8 aromatic rings. The van der Waals surface area contributed by atoms with E-state index in [1.54, 1.807) is 6.20 Å². The lowest BCUT2D eigenvalue weighted by Gasteiger charge is -2.15. The standard InChI is InChI=1S/C38H22N4/c39-22-24-6-8-26(9-7-24)34-21-35(27-12-10-25(11-13-27)31-5-2-20-40-23-31)42-38(41-34)33-19-17-30-15-14-28-3-1-4-29-16-18-32(33)37(30)36(28)29/h1-21,23H. The molecule has 2 aromatic heterocycles. The van der Waals surface area contributed by atoms with E-state index in [2.05, 4.69) is 96.0 Å². The van der Waals surface area contributed by atoms with E-state index in [1.807, 2.05) is 42.6 Å². The lowest BCUT2D eigenvalue weighted by Crippen LogP contribution is -1.97. The van der Waals surface area contributed by atoms with Gasteiger partial charge in [-0.05, 0) is 73.8 Å². The van der Waals surface area contributed by atoms with Crippen LogP contribution in [0.4, 0.5) is 0 Å². The normalized spacial score (nSPS) is 11.3. The molecule has 0 aliphatic heterocycles. The molecule has 2 heterocycles. The fourth-order valence-corrected chi connectivity index (χ4v) is 5.88. The molecule has 194 valence electrons. The molecule has 4 nitrogen and oxygen atoms in total. The average Bonchev–Trinajstić information content (AvgIpc) is 3.07. The zero-order valence-electron chi connectivity index (χ0n) is 22.5. The van der Waals surface area contributed by atoms with Gasteiger partial charge in [-0.2, -0.15) is 5.26 Å². The predicted molar refractivity (Wildman–Crippen MR) is 170 cm³/mol. The molecular formula is C38H22N4. The second-order valence-corrected chi connectivity index (χ2v) is 10.4. The highest BCUT2D eigenvalue weighted by atomic mass is 14.9. The van der Waals surface area contributed by atoms with Crippen molar-refractivity contribution in [3.63, 3.8) is 0 Å². The second kappa shape index (κ2) is 9.62. The van der Waals surface area contributed by atoms with Crippen molar-refractivity contribution >= 4 is 32.3 Å². The first kappa shape index (κ1) is 23.9. The van der Waals surface area contributed by atoms with Crippen molar-refractivity contribution in [1.82, 2.24) is 15.0 Å². The third kappa shape index (κ3) is 3.96. The number of aromatic nitrogens is 3. The van der Waals surface area contributed by atoms with Crippen LogP contribution in [0.25, 0.3) is 77.3 Å². The fourth-order valence-electron chi connectivity index (χ4n) is 5.88. The van der Waals surface area contributed by atoms with E-state index in [1.165, 1.54) is 26.9 Å². The molecule has 0 spiro atoms. The summed E-state index contributed by atoms with van der Waals surface area (Å²) in [6.07, 6.45) is 3.65. The van der Waals surface area contributed by atoms with Gasteiger partial charge in [-0.25, -0.2) is 9.97 Å². The van der Waals surface area contributed by atoms with Crippen LogP contribution in [0.15, 0.2) is 134 Å². The van der Waals surface area contributed by atoms with E-state index in [9.17, 15) is 5.26 Å². The van der Waals surface area contributed by atoms with Gasteiger partial charge in [-0.15, -0.1) is 0 Å². The number of rotatable bonds is 4. The van der Waals surface area contributed by atoms with Crippen molar-refractivity contribution < 1.29 is 0 Å². The topological polar surface area (TPSA) is 62.5 Å². The summed E-state index contributed by atoms with van der Waals surface area (Å²) in [5, 5.41) is 16.6. The Balaban J connectivity index is 1.34. The zero-order chi connectivity index (χ0) is 28.0. The molecule has 0 aliphatic rings. The lowest BCUT2D eigenvalue weighted by molar-refractivity contribution is 1.19. The van der Waals surface area contributed by atoms with Crippen molar-refractivity contribution in [2.75, 3.05) is 0 Å². The van der Waals surface area contributed by atoms with Crippen LogP contribution in [0.2, 0.25) is 0 Å². The van der Waals surface area contributed by atoms with Crippen LogP contribution in [-0.4, -0.2) is 15.0 Å². The Labute approximate surface area is 242 Å². The summed E-state index contributed by atoms with van der Waals surface area (Å²) in [6.45, 7) is 0. The highest BCUT2D eigenvalue weighted by Gasteiger charge is 2.16. The van der Waals surface area contributed by atoms with Crippen LogP contribution in [0.5, 0.6) is 0 Å². The summed E-state index contributed by atoms with van der Waals surface area (Å²) < 4.78 is 0. The van der Waals surface area contributed by atoms with Crippen molar-refractivity contribution in [3.05, 3.63) is 139 Å². The molecule has 0 bridgehead atoms. The molecule has 0 amide bonds. The van der Waals surface area contributed by atoms with Gasteiger partial charge in [0.05, 0.1) is 23.0 Å². The van der Waals surface area contributed by atoms with Gasteiger partial charge >= 0.3 is 0 Å². The molecule has 6 aromatic carbocycles. The minimum atomic E-state index is 0.617. The predicted octanol–water partition coefficient (Wildman–Crippen LogP) is 9.31. The highest BCUT2D eigenvalue weighted by molar-refractivity contribution is 6.25.